The molecule has 0 saturated heterocycles. The number of rotatable bonds is 4. The molecule has 0 aliphatic rings. The fourth-order valence-electron chi connectivity index (χ4n) is 2.35. The number of aryl methyl sites for hydroxylation is 1. The molecular formula is C18H19F3N2O. The number of nitrogens with two attached hydrogens (primary N) is 1. The second-order valence-electron chi connectivity index (χ2n) is 5.87. The van der Waals surface area contributed by atoms with Gasteiger partial charge in [-0.1, -0.05) is 31.2 Å². The first kappa shape index (κ1) is 17.8. The number of halogens is 3. The van der Waals surface area contributed by atoms with Crippen molar-refractivity contribution in [2.75, 3.05) is 11.1 Å². The van der Waals surface area contributed by atoms with Crippen molar-refractivity contribution < 1.29 is 18.0 Å². The van der Waals surface area contributed by atoms with Gasteiger partial charge in [0.25, 0.3) is 0 Å². The highest BCUT2D eigenvalue weighted by atomic mass is 19.4. The second kappa shape index (κ2) is 6.95. The van der Waals surface area contributed by atoms with E-state index >= 15 is 0 Å². The normalized spacial score (nSPS) is 12.7. The van der Waals surface area contributed by atoms with E-state index in [1.165, 1.54) is 6.07 Å². The second-order valence-corrected chi connectivity index (χ2v) is 5.87. The van der Waals surface area contributed by atoms with Crippen molar-refractivity contribution in [2.24, 2.45) is 5.92 Å². The van der Waals surface area contributed by atoms with Gasteiger partial charge in [-0.3, -0.25) is 4.79 Å². The Kier molecular flexibility index (Phi) is 5.17. The summed E-state index contributed by atoms with van der Waals surface area (Å²) in [5.74, 6) is -0.740. The number of carbonyl (C=O) groups excluding carboxylic acids is 1. The Morgan fingerprint density at radius 3 is 2.58 bits per heavy atom. The molecule has 0 aromatic heterocycles. The average molecular weight is 336 g/mol. The third-order valence-electron chi connectivity index (χ3n) is 3.76. The van der Waals surface area contributed by atoms with Crippen molar-refractivity contribution >= 4 is 17.3 Å². The van der Waals surface area contributed by atoms with Crippen molar-refractivity contribution in [3.63, 3.8) is 0 Å². The summed E-state index contributed by atoms with van der Waals surface area (Å²) >= 11 is 0. The summed E-state index contributed by atoms with van der Waals surface area (Å²) in [5.41, 5.74) is 7.46. The first-order valence-corrected chi connectivity index (χ1v) is 7.50. The van der Waals surface area contributed by atoms with E-state index in [0.29, 0.717) is 16.9 Å². The summed E-state index contributed by atoms with van der Waals surface area (Å²) in [6.07, 6.45) is -4.17. The molecule has 3 nitrogen and oxygen atoms in total. The van der Waals surface area contributed by atoms with Crippen LogP contribution in [0.5, 0.6) is 0 Å². The number of benzene rings is 2. The fourth-order valence-corrected chi connectivity index (χ4v) is 2.35. The Morgan fingerprint density at radius 1 is 1.21 bits per heavy atom. The molecule has 0 aliphatic heterocycles. The van der Waals surface area contributed by atoms with Crippen LogP contribution in [-0.2, 0) is 17.4 Å². The van der Waals surface area contributed by atoms with Gasteiger partial charge in [0, 0.05) is 17.3 Å². The summed E-state index contributed by atoms with van der Waals surface area (Å²) < 4.78 is 38.2. The quantitative estimate of drug-likeness (QED) is 0.813. The molecular weight excluding hydrogens is 317 g/mol. The monoisotopic (exact) mass is 336 g/mol. The average Bonchev–Trinajstić information content (AvgIpc) is 2.50. The topological polar surface area (TPSA) is 55.1 Å². The largest absolute Gasteiger partial charge is 0.416 e. The van der Waals surface area contributed by atoms with Crippen LogP contribution in [-0.4, -0.2) is 5.91 Å². The van der Waals surface area contributed by atoms with Crippen LogP contribution in [0.3, 0.4) is 0 Å². The maximum Gasteiger partial charge on any atom is 0.416 e. The molecule has 3 N–H and O–H groups in total. The predicted octanol–water partition coefficient (Wildman–Crippen LogP) is 4.41. The van der Waals surface area contributed by atoms with Gasteiger partial charge in [0.2, 0.25) is 5.91 Å². The lowest BCUT2D eigenvalue weighted by molar-refractivity contribution is -0.137. The highest BCUT2D eigenvalue weighted by Crippen LogP contribution is 2.30. The molecule has 0 saturated carbocycles. The summed E-state index contributed by atoms with van der Waals surface area (Å²) in [6.45, 7) is 3.52. The Hall–Kier alpha value is -2.50. The van der Waals surface area contributed by atoms with Crippen molar-refractivity contribution in [2.45, 2.75) is 26.4 Å². The van der Waals surface area contributed by atoms with Gasteiger partial charge in [-0.25, -0.2) is 0 Å². The molecule has 1 atom stereocenters. The van der Waals surface area contributed by atoms with Crippen molar-refractivity contribution in [3.05, 3.63) is 59.2 Å². The van der Waals surface area contributed by atoms with Crippen LogP contribution < -0.4 is 11.1 Å². The lowest BCUT2D eigenvalue weighted by Gasteiger charge is -2.15. The first-order valence-electron chi connectivity index (χ1n) is 7.50. The summed E-state index contributed by atoms with van der Waals surface area (Å²) in [4.78, 5) is 12.3. The molecule has 0 fully saturated rings. The molecule has 128 valence electrons. The molecule has 0 heterocycles. The molecule has 1 unspecified atom stereocenters. The lowest BCUT2D eigenvalue weighted by Crippen LogP contribution is -2.22. The van der Waals surface area contributed by atoms with E-state index in [-0.39, 0.29) is 12.3 Å². The number of hydrogen-bond donors (Lipinski definition) is 2. The van der Waals surface area contributed by atoms with Crippen LogP contribution in [0.15, 0.2) is 42.5 Å². The minimum absolute atomic E-state index is 0.219. The lowest BCUT2D eigenvalue weighted by atomic mass is 9.98. The van der Waals surface area contributed by atoms with Crippen LogP contribution in [0, 0.1) is 12.8 Å². The predicted molar refractivity (Wildman–Crippen MR) is 88.5 cm³/mol. The highest BCUT2D eigenvalue weighted by Gasteiger charge is 2.30. The van der Waals surface area contributed by atoms with Crippen LogP contribution in [0.1, 0.15) is 23.6 Å². The fraction of sp³-hybridized carbons (Fsp3) is 0.278. The molecule has 0 aliphatic carbocycles. The zero-order chi connectivity index (χ0) is 17.9. The van der Waals surface area contributed by atoms with Crippen molar-refractivity contribution in [1.82, 2.24) is 0 Å². The van der Waals surface area contributed by atoms with Crippen LogP contribution in [0.25, 0.3) is 0 Å². The number of nitrogen functional groups attached to an aromatic ring is 1. The number of anilines is 2. The van der Waals surface area contributed by atoms with Crippen LogP contribution in [0.2, 0.25) is 0 Å². The van der Waals surface area contributed by atoms with E-state index in [1.54, 1.807) is 31.2 Å². The van der Waals surface area contributed by atoms with Gasteiger partial charge in [-0.05, 0) is 42.7 Å². The molecule has 6 heteroatoms. The number of alkyl halides is 3. The molecule has 1 amide bonds. The van der Waals surface area contributed by atoms with Gasteiger partial charge in [0.15, 0.2) is 0 Å². The first-order chi connectivity index (χ1) is 11.2. The van der Waals surface area contributed by atoms with E-state index in [9.17, 15) is 18.0 Å². The minimum atomic E-state index is -4.39. The van der Waals surface area contributed by atoms with E-state index < -0.39 is 17.7 Å². The van der Waals surface area contributed by atoms with E-state index in [2.05, 4.69) is 5.32 Å². The van der Waals surface area contributed by atoms with E-state index in [4.69, 9.17) is 5.73 Å². The minimum Gasteiger partial charge on any atom is -0.399 e. The van der Waals surface area contributed by atoms with Gasteiger partial charge >= 0.3 is 6.18 Å². The molecule has 2 aromatic rings. The Morgan fingerprint density at radius 2 is 1.92 bits per heavy atom. The zero-order valence-corrected chi connectivity index (χ0v) is 13.4. The van der Waals surface area contributed by atoms with Crippen LogP contribution in [0.4, 0.5) is 24.5 Å². The summed E-state index contributed by atoms with van der Waals surface area (Å²) in [7, 11) is 0. The smallest absolute Gasteiger partial charge is 0.399 e. The van der Waals surface area contributed by atoms with Gasteiger partial charge in [0.1, 0.15) is 0 Å². The van der Waals surface area contributed by atoms with E-state index in [0.717, 1.165) is 17.7 Å². The number of amides is 1. The Balaban J connectivity index is 2.08. The maximum absolute atomic E-state index is 12.7. The van der Waals surface area contributed by atoms with Gasteiger partial charge in [0.05, 0.1) is 5.56 Å². The number of carbonyl (C=O) groups is 1. The molecule has 0 bridgehead atoms. The zero-order valence-electron chi connectivity index (χ0n) is 13.4. The summed E-state index contributed by atoms with van der Waals surface area (Å²) in [6, 6.07) is 10.2. The van der Waals surface area contributed by atoms with Crippen molar-refractivity contribution in [1.29, 1.82) is 0 Å². The maximum atomic E-state index is 12.7. The van der Waals surface area contributed by atoms with Crippen LogP contribution >= 0.6 is 0 Å². The standard InChI is InChI=1S/C18H19F3N2O/c1-11-6-7-15(22)10-16(11)23-17(24)12(2)8-13-4-3-5-14(9-13)18(19,20)21/h3-7,9-10,12H,8,22H2,1-2H3,(H,23,24). The Labute approximate surface area is 138 Å². The van der Waals surface area contributed by atoms with Crippen molar-refractivity contribution in [3.8, 4) is 0 Å². The van der Waals surface area contributed by atoms with Gasteiger partial charge in [-0.2, -0.15) is 13.2 Å². The van der Waals surface area contributed by atoms with Gasteiger partial charge in [-0.15, -0.1) is 0 Å². The third kappa shape index (κ3) is 4.50. The Bertz CT molecular complexity index is 741. The molecule has 2 rings (SSSR count). The third-order valence-corrected chi connectivity index (χ3v) is 3.76. The van der Waals surface area contributed by atoms with Gasteiger partial charge < -0.3 is 11.1 Å². The molecule has 0 spiro atoms. The molecule has 24 heavy (non-hydrogen) atoms. The molecule has 0 radical (unpaired) electrons. The summed E-state index contributed by atoms with van der Waals surface area (Å²) in [5, 5.41) is 2.77. The number of hydrogen-bond acceptors (Lipinski definition) is 2. The van der Waals surface area contributed by atoms with E-state index in [1.807, 2.05) is 6.92 Å². The number of nitrogens with one attached hydrogen (secondary N) is 1. The SMILES string of the molecule is Cc1ccc(N)cc1NC(=O)C(C)Cc1cccc(C(F)(F)F)c1. The molecule has 2 aromatic carbocycles. The highest BCUT2D eigenvalue weighted by molar-refractivity contribution is 5.93.